The van der Waals surface area contributed by atoms with Crippen molar-refractivity contribution >= 4 is 15.9 Å². The van der Waals surface area contributed by atoms with Gasteiger partial charge < -0.3 is 5.32 Å². The molecular weight excluding hydrogens is 286 g/mol. The number of hydrogen-bond acceptors (Lipinski definition) is 1. The second-order valence-corrected chi connectivity index (χ2v) is 6.93. The van der Waals surface area contributed by atoms with Gasteiger partial charge in [0.2, 0.25) is 0 Å². The zero-order valence-electron chi connectivity index (χ0n) is 11.5. The minimum Gasteiger partial charge on any atom is -0.316 e. The summed E-state index contributed by atoms with van der Waals surface area (Å²) in [4.78, 5) is 0. The lowest BCUT2D eigenvalue weighted by molar-refractivity contribution is 0.391. The van der Waals surface area contributed by atoms with E-state index in [9.17, 15) is 0 Å². The summed E-state index contributed by atoms with van der Waals surface area (Å²) in [5.74, 6) is 0.730. The van der Waals surface area contributed by atoms with E-state index in [1.54, 1.807) is 0 Å². The topological polar surface area (TPSA) is 12.0 Å². The smallest absolute Gasteiger partial charge is 0.0175 e. The van der Waals surface area contributed by atoms with Crippen LogP contribution < -0.4 is 5.32 Å². The quantitative estimate of drug-likeness (QED) is 0.844. The van der Waals surface area contributed by atoms with Crippen molar-refractivity contribution < 1.29 is 0 Å². The summed E-state index contributed by atoms with van der Waals surface area (Å²) < 4.78 is 1.18. The largest absolute Gasteiger partial charge is 0.316 e. The monoisotopic (exact) mass is 309 g/mol. The third-order valence-electron chi connectivity index (χ3n) is 4.03. The number of hydrogen-bond donors (Lipinski definition) is 1. The average molecular weight is 310 g/mol. The van der Waals surface area contributed by atoms with E-state index in [1.165, 1.54) is 35.7 Å². The molecule has 1 aliphatic carbocycles. The van der Waals surface area contributed by atoms with Crippen molar-refractivity contribution in [3.8, 4) is 0 Å². The standard InChI is InChI=1S/C16H24BrN/c1-13(2)11-18-12-16(9-3-4-10-16)14-5-7-15(17)8-6-14/h5-8,13,18H,3-4,9-12H2,1-2H3. The van der Waals surface area contributed by atoms with Crippen molar-refractivity contribution in [1.29, 1.82) is 0 Å². The number of benzene rings is 1. The Kier molecular flexibility index (Phi) is 4.85. The third-order valence-corrected chi connectivity index (χ3v) is 4.56. The van der Waals surface area contributed by atoms with E-state index in [2.05, 4.69) is 59.4 Å². The second-order valence-electron chi connectivity index (χ2n) is 6.02. The Morgan fingerprint density at radius 1 is 1.17 bits per heavy atom. The van der Waals surface area contributed by atoms with Gasteiger partial charge in [-0.1, -0.05) is 54.8 Å². The van der Waals surface area contributed by atoms with Crippen LogP contribution in [-0.2, 0) is 5.41 Å². The SMILES string of the molecule is CC(C)CNCC1(c2ccc(Br)cc2)CCCC1. The first-order chi connectivity index (χ1) is 8.62. The molecule has 0 radical (unpaired) electrons. The first-order valence-electron chi connectivity index (χ1n) is 7.09. The fourth-order valence-corrected chi connectivity index (χ4v) is 3.29. The number of halogens is 1. The summed E-state index contributed by atoms with van der Waals surface area (Å²) in [6.45, 7) is 6.80. The summed E-state index contributed by atoms with van der Waals surface area (Å²) in [6.07, 6.45) is 5.41. The van der Waals surface area contributed by atoms with Crippen LogP contribution in [0.4, 0.5) is 0 Å². The van der Waals surface area contributed by atoms with Crippen LogP contribution in [0.5, 0.6) is 0 Å². The molecule has 18 heavy (non-hydrogen) atoms. The molecule has 0 heterocycles. The van der Waals surface area contributed by atoms with Gasteiger partial charge in [-0.3, -0.25) is 0 Å². The molecule has 0 aliphatic heterocycles. The van der Waals surface area contributed by atoms with Crippen LogP contribution in [0.3, 0.4) is 0 Å². The van der Waals surface area contributed by atoms with E-state index < -0.39 is 0 Å². The molecule has 100 valence electrons. The van der Waals surface area contributed by atoms with Gasteiger partial charge >= 0.3 is 0 Å². The molecule has 1 aromatic rings. The molecule has 0 saturated heterocycles. The normalized spacial score (nSPS) is 18.4. The van der Waals surface area contributed by atoms with E-state index in [1.807, 2.05) is 0 Å². The molecular formula is C16H24BrN. The molecule has 0 amide bonds. The van der Waals surface area contributed by atoms with Crippen LogP contribution in [0.1, 0.15) is 45.1 Å². The number of rotatable bonds is 5. The van der Waals surface area contributed by atoms with Crippen molar-refractivity contribution in [1.82, 2.24) is 5.32 Å². The highest BCUT2D eigenvalue weighted by atomic mass is 79.9. The molecule has 2 rings (SSSR count). The van der Waals surface area contributed by atoms with Gasteiger partial charge in [-0.15, -0.1) is 0 Å². The fraction of sp³-hybridized carbons (Fsp3) is 0.625. The zero-order valence-corrected chi connectivity index (χ0v) is 13.1. The van der Waals surface area contributed by atoms with Gasteiger partial charge in [0.05, 0.1) is 0 Å². The van der Waals surface area contributed by atoms with Gasteiger partial charge in [-0.25, -0.2) is 0 Å². The van der Waals surface area contributed by atoms with Crippen LogP contribution >= 0.6 is 15.9 Å². The van der Waals surface area contributed by atoms with Crippen molar-refractivity contribution in [3.05, 3.63) is 34.3 Å². The molecule has 2 heteroatoms. The minimum absolute atomic E-state index is 0.385. The molecule has 1 fully saturated rings. The molecule has 0 spiro atoms. The van der Waals surface area contributed by atoms with Crippen molar-refractivity contribution in [2.45, 2.75) is 44.9 Å². The van der Waals surface area contributed by atoms with Crippen molar-refractivity contribution in [3.63, 3.8) is 0 Å². The minimum atomic E-state index is 0.385. The highest BCUT2D eigenvalue weighted by Gasteiger charge is 2.35. The molecule has 1 aliphatic rings. The van der Waals surface area contributed by atoms with Gasteiger partial charge in [-0.2, -0.15) is 0 Å². The summed E-state index contributed by atoms with van der Waals surface area (Å²) in [7, 11) is 0. The molecule has 1 aromatic carbocycles. The first-order valence-corrected chi connectivity index (χ1v) is 7.88. The van der Waals surface area contributed by atoms with Crippen LogP contribution in [0.15, 0.2) is 28.7 Å². The Bertz CT molecular complexity index is 363. The molecule has 0 unspecified atom stereocenters. The molecule has 0 bridgehead atoms. The van der Waals surface area contributed by atoms with E-state index in [-0.39, 0.29) is 0 Å². The van der Waals surface area contributed by atoms with Gasteiger partial charge in [0.25, 0.3) is 0 Å². The molecule has 1 N–H and O–H groups in total. The van der Waals surface area contributed by atoms with Gasteiger partial charge in [-0.05, 0) is 43.0 Å². The van der Waals surface area contributed by atoms with E-state index in [4.69, 9.17) is 0 Å². The maximum Gasteiger partial charge on any atom is 0.0175 e. The van der Waals surface area contributed by atoms with Crippen LogP contribution in [0.25, 0.3) is 0 Å². The lowest BCUT2D eigenvalue weighted by atomic mass is 9.79. The fourth-order valence-electron chi connectivity index (χ4n) is 3.02. The third kappa shape index (κ3) is 3.36. The highest BCUT2D eigenvalue weighted by Crippen LogP contribution is 2.40. The van der Waals surface area contributed by atoms with Crippen LogP contribution in [-0.4, -0.2) is 13.1 Å². The van der Waals surface area contributed by atoms with Gasteiger partial charge in [0.1, 0.15) is 0 Å². The summed E-state index contributed by atoms with van der Waals surface area (Å²) >= 11 is 3.53. The van der Waals surface area contributed by atoms with E-state index in [0.717, 1.165) is 19.0 Å². The van der Waals surface area contributed by atoms with Gasteiger partial charge in [0.15, 0.2) is 0 Å². The lowest BCUT2D eigenvalue weighted by Gasteiger charge is -2.30. The van der Waals surface area contributed by atoms with Crippen molar-refractivity contribution in [2.24, 2.45) is 5.92 Å². The predicted molar refractivity (Wildman–Crippen MR) is 82.0 cm³/mol. The first kappa shape index (κ1) is 14.1. The van der Waals surface area contributed by atoms with E-state index >= 15 is 0 Å². The predicted octanol–water partition coefficient (Wildman–Crippen LogP) is 4.51. The molecule has 1 nitrogen and oxygen atoms in total. The zero-order chi connectivity index (χ0) is 13.0. The maximum atomic E-state index is 3.67. The summed E-state index contributed by atoms with van der Waals surface area (Å²) in [5.41, 5.74) is 1.90. The molecule has 0 atom stereocenters. The summed E-state index contributed by atoms with van der Waals surface area (Å²) in [5, 5.41) is 3.67. The average Bonchev–Trinajstić information content (AvgIpc) is 2.79. The molecule has 0 aromatic heterocycles. The Labute approximate surface area is 119 Å². The van der Waals surface area contributed by atoms with Crippen molar-refractivity contribution in [2.75, 3.05) is 13.1 Å². The Morgan fingerprint density at radius 3 is 2.33 bits per heavy atom. The Balaban J connectivity index is 2.08. The Hall–Kier alpha value is -0.340. The van der Waals surface area contributed by atoms with E-state index in [0.29, 0.717) is 5.41 Å². The molecule has 1 saturated carbocycles. The second kappa shape index (κ2) is 6.21. The van der Waals surface area contributed by atoms with Gasteiger partial charge in [0, 0.05) is 16.4 Å². The number of nitrogens with one attached hydrogen (secondary N) is 1. The summed E-state index contributed by atoms with van der Waals surface area (Å²) in [6, 6.07) is 8.95. The lowest BCUT2D eigenvalue weighted by Crippen LogP contribution is -2.37. The highest BCUT2D eigenvalue weighted by molar-refractivity contribution is 9.10. The van der Waals surface area contributed by atoms with Crippen LogP contribution in [0.2, 0.25) is 0 Å². The van der Waals surface area contributed by atoms with Crippen LogP contribution in [0, 0.1) is 5.92 Å². The maximum absolute atomic E-state index is 3.67. The Morgan fingerprint density at radius 2 is 1.78 bits per heavy atom.